The molecule has 0 atom stereocenters. The summed E-state index contributed by atoms with van der Waals surface area (Å²) in [6.07, 6.45) is 0.900. The Hall–Kier alpha value is -3.52. The average Bonchev–Trinajstić information content (AvgIpc) is 3.28. The SMILES string of the molecule is CSc1ccc(-c2[nH]c(-c3ccc(C(F)(F)F)cc3)cc2C(=O)NCc2cccnc2)cc1. The molecule has 2 heterocycles. The lowest BCUT2D eigenvalue weighted by atomic mass is 10.1. The number of benzene rings is 2. The number of carbonyl (C=O) groups excluding carboxylic acids is 1. The van der Waals surface area contributed by atoms with Crippen molar-refractivity contribution in [1.29, 1.82) is 0 Å². The number of H-pyrrole nitrogens is 1. The molecule has 0 unspecified atom stereocenters. The fourth-order valence-corrected chi connectivity index (χ4v) is 3.80. The Labute approximate surface area is 193 Å². The molecule has 1 amide bonds. The van der Waals surface area contributed by atoms with E-state index >= 15 is 0 Å². The van der Waals surface area contributed by atoms with Gasteiger partial charge >= 0.3 is 6.18 Å². The van der Waals surface area contributed by atoms with Crippen LogP contribution in [0.3, 0.4) is 0 Å². The number of hydrogen-bond acceptors (Lipinski definition) is 3. The minimum absolute atomic E-state index is 0.294. The first-order chi connectivity index (χ1) is 15.8. The van der Waals surface area contributed by atoms with E-state index in [1.165, 1.54) is 12.1 Å². The lowest BCUT2D eigenvalue weighted by Crippen LogP contribution is -2.23. The molecule has 8 heteroatoms. The summed E-state index contributed by atoms with van der Waals surface area (Å²) in [6.45, 7) is 0.304. The van der Waals surface area contributed by atoms with Crippen molar-refractivity contribution in [3.63, 3.8) is 0 Å². The summed E-state index contributed by atoms with van der Waals surface area (Å²) in [5.41, 5.74) is 3.05. The number of halogens is 3. The van der Waals surface area contributed by atoms with Crippen LogP contribution in [0.25, 0.3) is 22.5 Å². The number of hydrogen-bond donors (Lipinski definition) is 2. The van der Waals surface area contributed by atoms with Crippen LogP contribution in [0, 0.1) is 0 Å². The van der Waals surface area contributed by atoms with Crippen LogP contribution in [0.1, 0.15) is 21.5 Å². The van der Waals surface area contributed by atoms with E-state index in [0.29, 0.717) is 29.1 Å². The summed E-state index contributed by atoms with van der Waals surface area (Å²) in [7, 11) is 0. The Balaban J connectivity index is 1.68. The van der Waals surface area contributed by atoms with Crippen molar-refractivity contribution in [2.75, 3.05) is 6.26 Å². The van der Waals surface area contributed by atoms with E-state index in [4.69, 9.17) is 0 Å². The second-order valence-corrected chi connectivity index (χ2v) is 8.20. The molecule has 0 saturated heterocycles. The lowest BCUT2D eigenvalue weighted by Gasteiger charge is -2.07. The molecule has 0 saturated carbocycles. The average molecular weight is 468 g/mol. The highest BCUT2D eigenvalue weighted by Crippen LogP contribution is 2.33. The van der Waals surface area contributed by atoms with Gasteiger partial charge in [0.25, 0.3) is 5.91 Å². The number of aromatic amines is 1. The van der Waals surface area contributed by atoms with Crippen molar-refractivity contribution < 1.29 is 18.0 Å². The summed E-state index contributed by atoms with van der Waals surface area (Å²) in [6, 6.07) is 17.9. The number of amides is 1. The Morgan fingerprint density at radius 2 is 1.73 bits per heavy atom. The lowest BCUT2D eigenvalue weighted by molar-refractivity contribution is -0.137. The minimum Gasteiger partial charge on any atom is -0.354 e. The Morgan fingerprint density at radius 3 is 2.33 bits per heavy atom. The zero-order chi connectivity index (χ0) is 23.4. The predicted molar refractivity (Wildman–Crippen MR) is 124 cm³/mol. The van der Waals surface area contributed by atoms with Gasteiger partial charge in [-0.05, 0) is 59.3 Å². The van der Waals surface area contributed by atoms with Gasteiger partial charge in [-0.15, -0.1) is 11.8 Å². The smallest absolute Gasteiger partial charge is 0.354 e. The molecule has 33 heavy (non-hydrogen) atoms. The van der Waals surface area contributed by atoms with Crippen LogP contribution in [0.15, 0.2) is 84.0 Å². The van der Waals surface area contributed by atoms with E-state index in [-0.39, 0.29) is 5.91 Å². The molecule has 4 nitrogen and oxygen atoms in total. The monoisotopic (exact) mass is 467 g/mol. The number of nitrogens with zero attached hydrogens (tertiary/aromatic N) is 1. The van der Waals surface area contributed by atoms with Crippen LogP contribution < -0.4 is 5.32 Å². The largest absolute Gasteiger partial charge is 0.416 e. The number of rotatable bonds is 6. The van der Waals surface area contributed by atoms with Crippen molar-refractivity contribution in [1.82, 2.24) is 15.3 Å². The summed E-state index contributed by atoms with van der Waals surface area (Å²) in [4.78, 5) is 21.4. The van der Waals surface area contributed by atoms with E-state index in [2.05, 4.69) is 15.3 Å². The molecule has 2 aromatic heterocycles. The number of alkyl halides is 3. The quantitative estimate of drug-likeness (QED) is 0.322. The van der Waals surface area contributed by atoms with Crippen LogP contribution in [0.2, 0.25) is 0 Å². The third-order valence-corrected chi connectivity index (χ3v) is 5.88. The Bertz CT molecular complexity index is 1230. The fourth-order valence-electron chi connectivity index (χ4n) is 3.39. The number of pyridine rings is 1. The molecule has 168 valence electrons. The van der Waals surface area contributed by atoms with Gasteiger partial charge in [-0.3, -0.25) is 9.78 Å². The van der Waals surface area contributed by atoms with E-state index in [0.717, 1.165) is 28.2 Å². The highest BCUT2D eigenvalue weighted by atomic mass is 32.2. The van der Waals surface area contributed by atoms with Crippen LogP contribution in [-0.4, -0.2) is 22.1 Å². The highest BCUT2D eigenvalue weighted by Gasteiger charge is 2.30. The molecule has 2 aromatic carbocycles. The molecular weight excluding hydrogens is 447 g/mol. The summed E-state index contributed by atoms with van der Waals surface area (Å²) >= 11 is 1.61. The second kappa shape index (κ2) is 9.54. The number of aromatic nitrogens is 2. The number of nitrogens with one attached hydrogen (secondary N) is 2. The predicted octanol–water partition coefficient (Wildman–Crippen LogP) is 6.41. The number of thioether (sulfide) groups is 1. The maximum atomic E-state index is 13.1. The Kier molecular flexibility index (Phi) is 6.55. The standard InChI is InChI=1S/C25H20F3N3OS/c1-33-20-10-6-18(7-11-20)23-21(24(32)30-15-16-3-2-12-29-14-16)13-22(31-23)17-4-8-19(9-5-17)25(26,27)28/h2-14,31H,15H2,1H3,(H,30,32). The van der Waals surface area contributed by atoms with Crippen LogP contribution >= 0.6 is 11.8 Å². The van der Waals surface area contributed by atoms with E-state index in [1.54, 1.807) is 36.3 Å². The first-order valence-electron chi connectivity index (χ1n) is 10.1. The van der Waals surface area contributed by atoms with Gasteiger partial charge in [0.05, 0.1) is 16.8 Å². The van der Waals surface area contributed by atoms with Crippen molar-refractivity contribution >= 4 is 17.7 Å². The van der Waals surface area contributed by atoms with Gasteiger partial charge in [0.1, 0.15) is 0 Å². The third kappa shape index (κ3) is 5.28. The van der Waals surface area contributed by atoms with Gasteiger partial charge in [0, 0.05) is 29.5 Å². The van der Waals surface area contributed by atoms with Crippen LogP contribution in [-0.2, 0) is 12.7 Å². The molecule has 0 aliphatic carbocycles. The molecule has 0 aliphatic rings. The van der Waals surface area contributed by atoms with Gasteiger partial charge in [-0.25, -0.2) is 0 Å². The zero-order valence-electron chi connectivity index (χ0n) is 17.6. The maximum Gasteiger partial charge on any atom is 0.416 e. The minimum atomic E-state index is -4.41. The summed E-state index contributed by atoms with van der Waals surface area (Å²) in [5.74, 6) is -0.294. The molecule has 0 aliphatic heterocycles. The highest BCUT2D eigenvalue weighted by molar-refractivity contribution is 7.98. The van der Waals surface area contributed by atoms with Crippen LogP contribution in [0.4, 0.5) is 13.2 Å². The van der Waals surface area contributed by atoms with E-state index in [1.807, 2.05) is 36.6 Å². The fraction of sp³-hybridized carbons (Fsp3) is 0.120. The molecule has 2 N–H and O–H groups in total. The van der Waals surface area contributed by atoms with Crippen LogP contribution in [0.5, 0.6) is 0 Å². The molecule has 4 aromatic rings. The van der Waals surface area contributed by atoms with Gasteiger partial charge in [0.15, 0.2) is 0 Å². The molecule has 0 bridgehead atoms. The maximum absolute atomic E-state index is 13.1. The summed E-state index contributed by atoms with van der Waals surface area (Å²) < 4.78 is 38.8. The molecular formula is C25H20F3N3OS. The first kappa shape index (κ1) is 22.7. The van der Waals surface area contributed by atoms with E-state index < -0.39 is 11.7 Å². The van der Waals surface area contributed by atoms with Gasteiger partial charge in [-0.2, -0.15) is 13.2 Å². The Morgan fingerprint density at radius 1 is 1.03 bits per heavy atom. The zero-order valence-corrected chi connectivity index (χ0v) is 18.4. The number of carbonyl (C=O) groups is 1. The topological polar surface area (TPSA) is 57.8 Å². The molecule has 0 fully saturated rings. The van der Waals surface area contributed by atoms with Crippen molar-refractivity contribution in [3.05, 3.63) is 95.8 Å². The van der Waals surface area contributed by atoms with Crippen molar-refractivity contribution in [3.8, 4) is 22.5 Å². The molecule has 0 spiro atoms. The summed E-state index contributed by atoms with van der Waals surface area (Å²) in [5, 5.41) is 2.89. The molecule has 4 rings (SSSR count). The molecule has 0 radical (unpaired) electrons. The first-order valence-corrected chi connectivity index (χ1v) is 11.3. The normalized spacial score (nSPS) is 11.4. The van der Waals surface area contributed by atoms with Gasteiger partial charge < -0.3 is 10.3 Å². The van der Waals surface area contributed by atoms with Gasteiger partial charge in [-0.1, -0.05) is 30.3 Å². The second-order valence-electron chi connectivity index (χ2n) is 7.32. The third-order valence-electron chi connectivity index (χ3n) is 5.14. The van der Waals surface area contributed by atoms with Gasteiger partial charge in [0.2, 0.25) is 0 Å². The van der Waals surface area contributed by atoms with Crippen molar-refractivity contribution in [2.24, 2.45) is 0 Å². The van der Waals surface area contributed by atoms with Crippen molar-refractivity contribution in [2.45, 2.75) is 17.6 Å². The van der Waals surface area contributed by atoms with E-state index in [9.17, 15) is 18.0 Å².